The first-order chi connectivity index (χ1) is 9.17. The number of aromatic hydroxyl groups is 1. The van der Waals surface area contributed by atoms with Crippen LogP contribution in [0.4, 0.5) is 0 Å². The van der Waals surface area contributed by atoms with Gasteiger partial charge in [0.2, 0.25) is 0 Å². The zero-order valence-corrected chi connectivity index (χ0v) is 12.6. The van der Waals surface area contributed by atoms with Crippen LogP contribution in [-0.2, 0) is 0 Å². The zero-order chi connectivity index (χ0) is 14.7. The third-order valence-corrected chi connectivity index (χ3v) is 2.33. The van der Waals surface area contributed by atoms with Crippen molar-refractivity contribution in [3.05, 3.63) is 42.0 Å². The fourth-order valence-corrected chi connectivity index (χ4v) is 1.53. The molecule has 1 heteroatoms. The van der Waals surface area contributed by atoms with Crippen LogP contribution in [0.25, 0.3) is 10.8 Å². The Morgan fingerprint density at radius 2 is 1.58 bits per heavy atom. The van der Waals surface area contributed by atoms with Crippen LogP contribution in [0.15, 0.2) is 36.4 Å². The van der Waals surface area contributed by atoms with Gasteiger partial charge in [0, 0.05) is 6.42 Å². The SMILES string of the molecule is CC.CC#CCC.Cc1ccc2cc(O)ccc2c1. The van der Waals surface area contributed by atoms with Crippen molar-refractivity contribution in [2.75, 3.05) is 0 Å². The molecule has 0 aliphatic heterocycles. The highest BCUT2D eigenvalue weighted by atomic mass is 16.3. The molecule has 19 heavy (non-hydrogen) atoms. The molecule has 0 fully saturated rings. The lowest BCUT2D eigenvalue weighted by Gasteiger charge is -1.99. The molecule has 0 saturated heterocycles. The molecule has 0 spiro atoms. The van der Waals surface area contributed by atoms with Crippen LogP contribution >= 0.6 is 0 Å². The van der Waals surface area contributed by atoms with E-state index in [1.54, 1.807) is 12.1 Å². The molecule has 0 unspecified atom stereocenters. The Bertz CT molecular complexity index is 503. The maximum atomic E-state index is 9.20. The third kappa shape index (κ3) is 6.52. The maximum absolute atomic E-state index is 9.20. The van der Waals surface area contributed by atoms with Gasteiger partial charge < -0.3 is 5.11 Å². The monoisotopic (exact) mass is 256 g/mol. The van der Waals surface area contributed by atoms with Crippen molar-refractivity contribution in [1.82, 2.24) is 0 Å². The number of rotatable bonds is 0. The van der Waals surface area contributed by atoms with Crippen LogP contribution in [0.1, 0.15) is 39.7 Å². The number of hydrogen-bond acceptors (Lipinski definition) is 1. The number of fused-ring (bicyclic) bond motifs is 1. The van der Waals surface area contributed by atoms with Crippen LogP contribution in [0.5, 0.6) is 5.75 Å². The van der Waals surface area contributed by atoms with Crippen molar-refractivity contribution in [1.29, 1.82) is 0 Å². The van der Waals surface area contributed by atoms with Gasteiger partial charge in [-0.25, -0.2) is 0 Å². The predicted octanol–water partition coefficient (Wildman–Crippen LogP) is 5.30. The first kappa shape index (κ1) is 17.1. The minimum Gasteiger partial charge on any atom is -0.508 e. The molecule has 0 atom stereocenters. The summed E-state index contributed by atoms with van der Waals surface area (Å²) in [6.45, 7) is 9.95. The summed E-state index contributed by atoms with van der Waals surface area (Å²) >= 11 is 0. The average molecular weight is 256 g/mol. The van der Waals surface area contributed by atoms with Crippen molar-refractivity contribution < 1.29 is 5.11 Å². The summed E-state index contributed by atoms with van der Waals surface area (Å²) in [4.78, 5) is 0. The molecule has 0 heterocycles. The lowest BCUT2D eigenvalue weighted by molar-refractivity contribution is 0.476. The van der Waals surface area contributed by atoms with Crippen molar-refractivity contribution in [3.8, 4) is 17.6 Å². The number of hydrogen-bond donors (Lipinski definition) is 1. The first-order valence-electron chi connectivity index (χ1n) is 6.76. The minimum absolute atomic E-state index is 0.325. The number of benzene rings is 2. The summed E-state index contributed by atoms with van der Waals surface area (Å²) in [5.74, 6) is 5.95. The highest BCUT2D eigenvalue weighted by molar-refractivity contribution is 5.84. The quantitative estimate of drug-likeness (QED) is 0.634. The topological polar surface area (TPSA) is 20.2 Å². The van der Waals surface area contributed by atoms with Gasteiger partial charge in [0.05, 0.1) is 0 Å². The third-order valence-electron chi connectivity index (χ3n) is 2.33. The Hall–Kier alpha value is -1.94. The summed E-state index contributed by atoms with van der Waals surface area (Å²) in [5, 5.41) is 11.5. The van der Waals surface area contributed by atoms with Crippen LogP contribution in [-0.4, -0.2) is 5.11 Å². The predicted molar refractivity (Wildman–Crippen MR) is 85.4 cm³/mol. The first-order valence-corrected chi connectivity index (χ1v) is 6.76. The Morgan fingerprint density at radius 1 is 1.00 bits per heavy atom. The zero-order valence-electron chi connectivity index (χ0n) is 12.6. The molecule has 2 rings (SSSR count). The van der Waals surface area contributed by atoms with E-state index in [0.717, 1.165) is 11.8 Å². The van der Waals surface area contributed by atoms with Gasteiger partial charge in [-0.15, -0.1) is 11.8 Å². The van der Waals surface area contributed by atoms with Crippen molar-refractivity contribution >= 4 is 10.8 Å². The second kappa shape index (κ2) is 10.0. The molecule has 2 aromatic carbocycles. The summed E-state index contributed by atoms with van der Waals surface area (Å²) in [5.41, 5.74) is 1.24. The molecular formula is C18H24O. The highest BCUT2D eigenvalue weighted by Gasteiger charge is 1.93. The van der Waals surface area contributed by atoms with Crippen molar-refractivity contribution in [2.45, 2.75) is 41.0 Å². The van der Waals surface area contributed by atoms with E-state index >= 15 is 0 Å². The second-order valence-corrected chi connectivity index (χ2v) is 3.82. The van der Waals surface area contributed by atoms with Gasteiger partial charge >= 0.3 is 0 Å². The molecule has 0 aliphatic carbocycles. The van der Waals surface area contributed by atoms with Crippen LogP contribution in [0, 0.1) is 18.8 Å². The minimum atomic E-state index is 0.325. The van der Waals surface area contributed by atoms with Gasteiger partial charge in [0.25, 0.3) is 0 Å². The van der Waals surface area contributed by atoms with E-state index in [9.17, 15) is 5.11 Å². The number of phenols is 1. The molecule has 0 aliphatic rings. The molecular weight excluding hydrogens is 232 g/mol. The van der Waals surface area contributed by atoms with Crippen LogP contribution in [0.3, 0.4) is 0 Å². The molecule has 2 aromatic rings. The van der Waals surface area contributed by atoms with Crippen molar-refractivity contribution in [3.63, 3.8) is 0 Å². The Balaban J connectivity index is 0.000000396. The van der Waals surface area contributed by atoms with E-state index in [1.807, 2.05) is 45.9 Å². The van der Waals surface area contributed by atoms with Gasteiger partial charge in [0.15, 0.2) is 0 Å². The second-order valence-electron chi connectivity index (χ2n) is 3.82. The van der Waals surface area contributed by atoms with E-state index in [1.165, 1.54) is 10.9 Å². The van der Waals surface area contributed by atoms with E-state index < -0.39 is 0 Å². The highest BCUT2D eigenvalue weighted by Crippen LogP contribution is 2.20. The lowest BCUT2D eigenvalue weighted by Crippen LogP contribution is -1.74. The molecule has 0 saturated carbocycles. The fraction of sp³-hybridized carbons (Fsp3) is 0.333. The van der Waals surface area contributed by atoms with Gasteiger partial charge in [-0.1, -0.05) is 50.6 Å². The molecule has 0 radical (unpaired) electrons. The summed E-state index contributed by atoms with van der Waals surface area (Å²) in [6, 6.07) is 11.6. The number of phenolic OH excluding ortho intramolecular Hbond substituents is 1. The molecule has 102 valence electrons. The summed E-state index contributed by atoms with van der Waals surface area (Å²) in [7, 11) is 0. The molecule has 0 aromatic heterocycles. The van der Waals surface area contributed by atoms with E-state index in [4.69, 9.17) is 0 Å². The normalized spacial score (nSPS) is 8.26. The Morgan fingerprint density at radius 3 is 2.11 bits per heavy atom. The molecule has 0 amide bonds. The standard InChI is InChI=1S/C11H10O.C5H8.C2H6/c1-8-2-3-10-7-11(12)5-4-9(10)6-8;1-3-5-4-2;1-2/h2-7,12H,1H3;3H2,1-2H3;1-2H3. The van der Waals surface area contributed by atoms with E-state index in [0.29, 0.717) is 5.75 Å². The summed E-state index contributed by atoms with van der Waals surface area (Å²) in [6.07, 6.45) is 0.983. The lowest BCUT2D eigenvalue weighted by atomic mass is 10.1. The van der Waals surface area contributed by atoms with Crippen LogP contribution < -0.4 is 0 Å². The molecule has 0 bridgehead atoms. The van der Waals surface area contributed by atoms with E-state index in [2.05, 4.69) is 24.8 Å². The van der Waals surface area contributed by atoms with Gasteiger partial charge in [-0.3, -0.25) is 0 Å². The van der Waals surface area contributed by atoms with Gasteiger partial charge in [0.1, 0.15) is 5.75 Å². The molecule has 1 N–H and O–H groups in total. The van der Waals surface area contributed by atoms with E-state index in [-0.39, 0.29) is 0 Å². The number of aryl methyl sites for hydroxylation is 1. The van der Waals surface area contributed by atoms with Gasteiger partial charge in [-0.2, -0.15) is 0 Å². The maximum Gasteiger partial charge on any atom is 0.116 e. The Kier molecular flexibility index (Phi) is 9.00. The van der Waals surface area contributed by atoms with Crippen molar-refractivity contribution in [2.24, 2.45) is 0 Å². The average Bonchev–Trinajstić information content (AvgIpc) is 2.43. The van der Waals surface area contributed by atoms with Crippen LogP contribution in [0.2, 0.25) is 0 Å². The Labute approximate surface area is 117 Å². The smallest absolute Gasteiger partial charge is 0.116 e. The molecule has 1 nitrogen and oxygen atoms in total. The van der Waals surface area contributed by atoms with Gasteiger partial charge in [-0.05, 0) is 36.8 Å². The fourth-order valence-electron chi connectivity index (χ4n) is 1.53. The largest absolute Gasteiger partial charge is 0.508 e. The summed E-state index contributed by atoms with van der Waals surface area (Å²) < 4.78 is 0.